The summed E-state index contributed by atoms with van der Waals surface area (Å²) >= 11 is 0. The van der Waals surface area contributed by atoms with Gasteiger partial charge in [0.05, 0.1) is 5.52 Å². The maximum Gasteiger partial charge on any atom is 0.137 e. The molecule has 0 saturated heterocycles. The maximum absolute atomic E-state index is 4.46. The molecule has 4 aromatic rings. The average Bonchev–Trinajstić information content (AvgIpc) is 2.61. The number of aromatic nitrogens is 2. The summed E-state index contributed by atoms with van der Waals surface area (Å²) in [6.07, 6.45) is 1.62. The molecular weight excluding hydrogens is 318 g/mol. The van der Waals surface area contributed by atoms with Crippen LogP contribution >= 0.6 is 12.4 Å². The molecule has 0 spiro atoms. The van der Waals surface area contributed by atoms with Crippen molar-refractivity contribution in [3.63, 3.8) is 0 Å². The first-order chi connectivity index (χ1) is 11.3. The number of nitrogens with zero attached hydrogens (tertiary/aromatic N) is 2. The minimum absolute atomic E-state index is 0. The normalized spacial score (nSPS) is 11.9. The van der Waals surface area contributed by atoms with Crippen LogP contribution in [0.4, 0.5) is 5.82 Å². The van der Waals surface area contributed by atoms with Crippen LogP contribution < -0.4 is 5.32 Å². The van der Waals surface area contributed by atoms with Crippen LogP contribution in [0.15, 0.2) is 73.1 Å². The lowest BCUT2D eigenvalue weighted by Gasteiger charge is -2.16. The number of fused-ring (bicyclic) bond motifs is 2. The van der Waals surface area contributed by atoms with E-state index in [0.29, 0.717) is 0 Å². The second-order valence-corrected chi connectivity index (χ2v) is 5.72. The Balaban J connectivity index is 0.00000169. The van der Waals surface area contributed by atoms with Gasteiger partial charge in [0.2, 0.25) is 0 Å². The van der Waals surface area contributed by atoms with Crippen LogP contribution in [0.5, 0.6) is 0 Å². The van der Waals surface area contributed by atoms with Gasteiger partial charge in [-0.15, -0.1) is 12.4 Å². The van der Waals surface area contributed by atoms with Crippen LogP contribution in [0.1, 0.15) is 18.5 Å². The van der Waals surface area contributed by atoms with Gasteiger partial charge in [-0.25, -0.2) is 9.97 Å². The van der Waals surface area contributed by atoms with Crippen LogP contribution in [0.2, 0.25) is 0 Å². The van der Waals surface area contributed by atoms with E-state index in [1.54, 1.807) is 6.33 Å². The van der Waals surface area contributed by atoms with E-state index >= 15 is 0 Å². The van der Waals surface area contributed by atoms with Crippen LogP contribution in [-0.2, 0) is 0 Å². The van der Waals surface area contributed by atoms with Gasteiger partial charge in [0, 0.05) is 11.4 Å². The zero-order valence-electron chi connectivity index (χ0n) is 13.3. The Kier molecular flexibility index (Phi) is 4.63. The molecule has 24 heavy (non-hydrogen) atoms. The van der Waals surface area contributed by atoms with Gasteiger partial charge < -0.3 is 5.32 Å². The number of benzene rings is 3. The monoisotopic (exact) mass is 335 g/mol. The largest absolute Gasteiger partial charge is 0.363 e. The van der Waals surface area contributed by atoms with E-state index in [0.717, 1.165) is 16.7 Å². The highest BCUT2D eigenvalue weighted by atomic mass is 35.5. The molecule has 1 heterocycles. The summed E-state index contributed by atoms with van der Waals surface area (Å²) in [6, 6.07) is 23.2. The highest BCUT2D eigenvalue weighted by molar-refractivity contribution is 6.00. The molecule has 0 amide bonds. The third-order valence-corrected chi connectivity index (χ3v) is 4.16. The van der Waals surface area contributed by atoms with Gasteiger partial charge in [0.1, 0.15) is 12.1 Å². The average molecular weight is 336 g/mol. The van der Waals surface area contributed by atoms with Crippen molar-refractivity contribution in [3.05, 3.63) is 78.6 Å². The van der Waals surface area contributed by atoms with Crippen LogP contribution in [0, 0.1) is 0 Å². The lowest BCUT2D eigenvalue weighted by Crippen LogP contribution is -2.08. The van der Waals surface area contributed by atoms with Crippen LogP contribution in [-0.4, -0.2) is 9.97 Å². The van der Waals surface area contributed by atoms with Crippen molar-refractivity contribution in [2.45, 2.75) is 13.0 Å². The van der Waals surface area contributed by atoms with E-state index in [1.807, 2.05) is 12.1 Å². The maximum atomic E-state index is 4.46. The molecule has 0 aliphatic heterocycles. The number of rotatable bonds is 3. The fourth-order valence-electron chi connectivity index (χ4n) is 2.89. The number of nitrogens with one attached hydrogen (secondary N) is 1. The van der Waals surface area contributed by atoms with Crippen LogP contribution in [0.3, 0.4) is 0 Å². The lowest BCUT2D eigenvalue weighted by atomic mass is 10.1. The van der Waals surface area contributed by atoms with Gasteiger partial charge >= 0.3 is 0 Å². The Morgan fingerprint density at radius 3 is 2.25 bits per heavy atom. The smallest absolute Gasteiger partial charge is 0.137 e. The quantitative estimate of drug-likeness (QED) is 0.511. The number of halogens is 1. The zero-order valence-corrected chi connectivity index (χ0v) is 14.1. The minimum atomic E-state index is 0. The summed E-state index contributed by atoms with van der Waals surface area (Å²) in [5.74, 6) is 0.872. The fourth-order valence-corrected chi connectivity index (χ4v) is 2.89. The van der Waals surface area contributed by atoms with Crippen molar-refractivity contribution in [3.8, 4) is 0 Å². The molecule has 1 atom stereocenters. The van der Waals surface area contributed by atoms with Crippen molar-refractivity contribution in [2.24, 2.45) is 0 Å². The standard InChI is InChI=1S/C20H17N3.ClH/c1-14(15-7-3-2-4-8-15)23-20-18-11-16-9-5-6-10-17(16)12-19(18)21-13-22-20;/h2-14H,1H3,(H,21,22,23);1H/t14-;/m1./s1. The second-order valence-electron chi connectivity index (χ2n) is 5.72. The van der Waals surface area contributed by atoms with E-state index in [9.17, 15) is 0 Å². The molecule has 3 nitrogen and oxygen atoms in total. The van der Waals surface area contributed by atoms with Gasteiger partial charge in [-0.1, -0.05) is 54.6 Å². The summed E-state index contributed by atoms with van der Waals surface area (Å²) in [5.41, 5.74) is 2.20. The molecule has 4 heteroatoms. The number of hydrogen-bond acceptors (Lipinski definition) is 3. The summed E-state index contributed by atoms with van der Waals surface area (Å²) in [4.78, 5) is 8.88. The van der Waals surface area contributed by atoms with Gasteiger partial charge in [-0.2, -0.15) is 0 Å². The third kappa shape index (κ3) is 3.03. The predicted octanol–water partition coefficient (Wildman–Crippen LogP) is 5.38. The molecule has 0 unspecified atom stereocenters. The van der Waals surface area contributed by atoms with Crippen molar-refractivity contribution in [1.82, 2.24) is 9.97 Å². The predicted molar refractivity (Wildman–Crippen MR) is 103 cm³/mol. The molecule has 0 radical (unpaired) electrons. The number of hydrogen-bond donors (Lipinski definition) is 1. The topological polar surface area (TPSA) is 37.8 Å². The molecule has 0 saturated carbocycles. The van der Waals surface area contributed by atoms with E-state index in [2.05, 4.69) is 76.8 Å². The molecular formula is C20H18ClN3. The van der Waals surface area contributed by atoms with Crippen LogP contribution in [0.25, 0.3) is 21.7 Å². The van der Waals surface area contributed by atoms with E-state index in [4.69, 9.17) is 0 Å². The Bertz CT molecular complexity index is 970. The SMILES string of the molecule is C[C@@H](Nc1ncnc2cc3ccccc3cc12)c1ccccc1.Cl. The molecule has 3 aromatic carbocycles. The Morgan fingerprint density at radius 1 is 0.833 bits per heavy atom. The molecule has 1 N–H and O–H groups in total. The van der Waals surface area contributed by atoms with Gasteiger partial charge in [0.25, 0.3) is 0 Å². The summed E-state index contributed by atoms with van der Waals surface area (Å²) in [5, 5.41) is 6.96. The van der Waals surface area contributed by atoms with Crippen molar-refractivity contribution < 1.29 is 0 Å². The molecule has 0 aliphatic rings. The molecule has 0 fully saturated rings. The molecule has 1 aromatic heterocycles. The van der Waals surface area contributed by atoms with Gasteiger partial charge in [-0.3, -0.25) is 0 Å². The third-order valence-electron chi connectivity index (χ3n) is 4.16. The van der Waals surface area contributed by atoms with Crippen molar-refractivity contribution in [2.75, 3.05) is 5.32 Å². The first-order valence-corrected chi connectivity index (χ1v) is 7.76. The Hall–Kier alpha value is -2.65. The molecule has 0 aliphatic carbocycles. The van der Waals surface area contributed by atoms with Crippen molar-refractivity contribution in [1.29, 1.82) is 0 Å². The van der Waals surface area contributed by atoms with E-state index in [-0.39, 0.29) is 18.4 Å². The minimum Gasteiger partial charge on any atom is -0.363 e. The number of anilines is 1. The molecule has 120 valence electrons. The molecule has 0 bridgehead atoms. The van der Waals surface area contributed by atoms with Gasteiger partial charge in [0.15, 0.2) is 0 Å². The van der Waals surface area contributed by atoms with E-state index in [1.165, 1.54) is 16.3 Å². The summed E-state index contributed by atoms with van der Waals surface area (Å²) in [6.45, 7) is 2.14. The summed E-state index contributed by atoms with van der Waals surface area (Å²) < 4.78 is 0. The lowest BCUT2D eigenvalue weighted by molar-refractivity contribution is 0.876. The summed E-state index contributed by atoms with van der Waals surface area (Å²) in [7, 11) is 0. The first kappa shape index (κ1) is 16.2. The van der Waals surface area contributed by atoms with E-state index < -0.39 is 0 Å². The Labute approximate surface area is 147 Å². The highest BCUT2D eigenvalue weighted by Gasteiger charge is 2.09. The fraction of sp³-hybridized carbons (Fsp3) is 0.100. The van der Waals surface area contributed by atoms with Gasteiger partial charge in [-0.05, 0) is 35.4 Å². The second kappa shape index (κ2) is 6.85. The highest BCUT2D eigenvalue weighted by Crippen LogP contribution is 2.27. The first-order valence-electron chi connectivity index (χ1n) is 7.76. The zero-order chi connectivity index (χ0) is 15.6. The Morgan fingerprint density at radius 2 is 1.50 bits per heavy atom. The molecule has 4 rings (SSSR count). The van der Waals surface area contributed by atoms with Crippen molar-refractivity contribution >= 4 is 39.9 Å².